The topological polar surface area (TPSA) is 320 Å². The number of hydrogen-bond donors (Lipinski definition) is 6. The molecule has 0 aliphatic heterocycles. The minimum absolute atomic E-state index is 0.0291. The van der Waals surface area contributed by atoms with Gasteiger partial charge in [-0.1, -0.05) is 62.3 Å². The van der Waals surface area contributed by atoms with Crippen LogP contribution in [0.4, 0.5) is 32.3 Å². The van der Waals surface area contributed by atoms with Gasteiger partial charge in [-0.15, -0.1) is 0 Å². The number of aliphatic hydroxyl groups is 1. The van der Waals surface area contributed by atoms with Gasteiger partial charge < -0.3 is 77.6 Å². The number of hydrogen-bond acceptors (Lipinski definition) is 19. The Bertz CT molecular complexity index is 3860. The molecule has 0 aliphatic carbocycles. The van der Waals surface area contributed by atoms with E-state index in [2.05, 4.69) is 46.4 Å². The number of urea groups is 1. The molecule has 96 heavy (non-hydrogen) atoms. The lowest BCUT2D eigenvalue weighted by atomic mass is 9.89. The van der Waals surface area contributed by atoms with Gasteiger partial charge >= 0.3 is 12.1 Å². The number of benzene rings is 2. The first kappa shape index (κ1) is 75.5. The Kier molecular flexibility index (Phi) is 28.7. The minimum atomic E-state index is -0.625. The molecule has 0 aliphatic rings. The molecule has 6 aromatic heterocycles. The maximum Gasteiger partial charge on any atom is 0.411 e. The van der Waals surface area contributed by atoms with Gasteiger partial charge in [-0.05, 0) is 99.0 Å². The van der Waals surface area contributed by atoms with Crippen LogP contribution in [0.2, 0.25) is 0 Å². The number of amides is 5. The van der Waals surface area contributed by atoms with Crippen LogP contribution in [0.25, 0.3) is 16.9 Å². The molecule has 516 valence electrons. The molecule has 0 bridgehead atoms. The number of aromatic nitrogens is 6. The van der Waals surface area contributed by atoms with E-state index < -0.39 is 28.4 Å². The number of anilines is 4. The van der Waals surface area contributed by atoms with Crippen LogP contribution in [0.5, 0.6) is 5.75 Å². The van der Waals surface area contributed by atoms with Crippen molar-refractivity contribution in [3.8, 4) is 5.75 Å². The molecule has 0 unspecified atom stereocenters. The summed E-state index contributed by atoms with van der Waals surface area (Å²) >= 11 is 0. The zero-order valence-electron chi connectivity index (χ0n) is 56.7. The lowest BCUT2D eigenvalue weighted by Crippen LogP contribution is -2.31. The molecule has 8 aromatic rings. The number of carbonyl (C=O) groups is 7. The van der Waals surface area contributed by atoms with Crippen LogP contribution in [-0.2, 0) is 28.4 Å². The summed E-state index contributed by atoms with van der Waals surface area (Å²) in [5, 5.41) is 22.2. The fourth-order valence-corrected chi connectivity index (χ4v) is 8.44. The summed E-state index contributed by atoms with van der Waals surface area (Å²) in [5.74, 6) is 0.0578. The van der Waals surface area contributed by atoms with Gasteiger partial charge in [0.1, 0.15) is 53.0 Å². The summed E-state index contributed by atoms with van der Waals surface area (Å²) in [7, 11) is 5.62. The Balaban J connectivity index is 0.000000237. The number of ketones is 3. The van der Waals surface area contributed by atoms with Crippen LogP contribution < -0.4 is 31.3 Å². The number of Topliss-reactive ketones (excluding diaryl/α,β-unsaturated/α-hetero) is 3. The van der Waals surface area contributed by atoms with Crippen molar-refractivity contribution in [2.45, 2.75) is 62.3 Å². The van der Waals surface area contributed by atoms with Crippen LogP contribution in [0, 0.1) is 16.2 Å². The second-order valence-electron chi connectivity index (χ2n) is 25.1. The Morgan fingerprint density at radius 3 is 1.28 bits per heavy atom. The predicted molar refractivity (Wildman–Crippen MR) is 364 cm³/mol. The number of carbonyl (C=O) groups excluding carboxylic acids is 7. The lowest BCUT2D eigenvalue weighted by Gasteiger charge is -2.13. The van der Waals surface area contributed by atoms with E-state index in [1.807, 2.05) is 99.1 Å². The van der Waals surface area contributed by atoms with Crippen molar-refractivity contribution in [1.29, 1.82) is 0 Å². The van der Waals surface area contributed by atoms with E-state index in [-0.39, 0.29) is 55.6 Å². The Morgan fingerprint density at radius 2 is 0.844 bits per heavy atom. The molecule has 6 heterocycles. The van der Waals surface area contributed by atoms with Gasteiger partial charge in [0, 0.05) is 89.9 Å². The van der Waals surface area contributed by atoms with Gasteiger partial charge in [0.05, 0.1) is 83.6 Å². The smallest absolute Gasteiger partial charge is 0.411 e. The summed E-state index contributed by atoms with van der Waals surface area (Å²) in [6.45, 7) is 22.1. The first-order chi connectivity index (χ1) is 45.6. The summed E-state index contributed by atoms with van der Waals surface area (Å²) in [6, 6.07) is 23.1. The second-order valence-corrected chi connectivity index (χ2v) is 25.1. The summed E-state index contributed by atoms with van der Waals surface area (Å²) in [5.41, 5.74) is 4.63. The third-order valence-corrected chi connectivity index (χ3v) is 13.6. The van der Waals surface area contributed by atoms with Crippen LogP contribution in [0.3, 0.4) is 0 Å². The average molecular weight is 1330 g/mol. The highest BCUT2D eigenvalue weighted by Gasteiger charge is 2.28. The number of nitrogens with one attached hydrogen (secondary N) is 5. The van der Waals surface area contributed by atoms with E-state index in [9.17, 15) is 33.6 Å². The molecule has 0 radical (unpaired) electrons. The van der Waals surface area contributed by atoms with Gasteiger partial charge in [-0.25, -0.2) is 24.5 Å². The molecule has 5 amide bonds. The number of ether oxygens (including phenoxy) is 7. The maximum atomic E-state index is 12.7. The number of aliphatic hydroxyl groups excluding tert-OH is 1. The molecule has 6 N–H and O–H groups in total. The van der Waals surface area contributed by atoms with Crippen molar-refractivity contribution >= 4 is 81.0 Å². The molecule has 0 atom stereocenters. The van der Waals surface area contributed by atoms with Gasteiger partial charge in [-0.2, -0.15) is 0 Å². The zero-order chi connectivity index (χ0) is 70.0. The monoisotopic (exact) mass is 1330 g/mol. The van der Waals surface area contributed by atoms with Crippen molar-refractivity contribution in [2.75, 3.05) is 135 Å². The Labute approximate surface area is 558 Å². The first-order valence-corrected chi connectivity index (χ1v) is 31.2. The third kappa shape index (κ3) is 24.7. The Morgan fingerprint density at radius 1 is 0.448 bits per heavy atom. The maximum absolute atomic E-state index is 12.7. The molecule has 0 spiro atoms. The molecular formula is C69H90N12O15. The van der Waals surface area contributed by atoms with Gasteiger partial charge in [0.15, 0.2) is 17.3 Å². The van der Waals surface area contributed by atoms with Crippen LogP contribution in [0.15, 0.2) is 122 Å². The highest BCUT2D eigenvalue weighted by atomic mass is 16.6. The normalized spacial score (nSPS) is 11.5. The zero-order valence-corrected chi connectivity index (χ0v) is 56.7. The van der Waals surface area contributed by atoms with Crippen molar-refractivity contribution in [3.05, 3.63) is 150 Å². The van der Waals surface area contributed by atoms with Crippen LogP contribution in [0.1, 0.15) is 114 Å². The molecule has 27 heteroatoms. The van der Waals surface area contributed by atoms with E-state index in [0.717, 1.165) is 17.9 Å². The van der Waals surface area contributed by atoms with E-state index in [1.54, 1.807) is 120 Å². The van der Waals surface area contributed by atoms with E-state index in [4.69, 9.17) is 38.3 Å². The summed E-state index contributed by atoms with van der Waals surface area (Å²) in [6.07, 6.45) is 9.71. The fourth-order valence-electron chi connectivity index (χ4n) is 8.44. The molecule has 0 fully saturated rings. The number of methoxy groups -OCH3 is 1. The lowest BCUT2D eigenvalue weighted by molar-refractivity contribution is 0.0141. The molecule has 8 rings (SSSR count). The van der Waals surface area contributed by atoms with Crippen LogP contribution >= 0.6 is 0 Å². The van der Waals surface area contributed by atoms with Crippen molar-refractivity contribution in [2.24, 2.45) is 16.2 Å². The summed E-state index contributed by atoms with van der Waals surface area (Å²) < 4.78 is 41.8. The molecular weight excluding hydrogens is 1240 g/mol. The third-order valence-electron chi connectivity index (χ3n) is 13.6. The van der Waals surface area contributed by atoms with Gasteiger partial charge in [-0.3, -0.25) is 29.3 Å². The number of imidazole rings is 3. The number of fused-ring (bicyclic) bond motifs is 3. The van der Waals surface area contributed by atoms with E-state index in [0.29, 0.717) is 122 Å². The van der Waals surface area contributed by atoms with Crippen molar-refractivity contribution in [1.82, 2.24) is 38.4 Å². The quantitative estimate of drug-likeness (QED) is 0.0180. The highest BCUT2D eigenvalue weighted by molar-refractivity contribution is 6.06. The largest absolute Gasteiger partial charge is 0.491 e. The Hall–Kier alpha value is -9.48. The summed E-state index contributed by atoms with van der Waals surface area (Å²) in [4.78, 5) is 102. The molecule has 0 saturated heterocycles. The van der Waals surface area contributed by atoms with Crippen molar-refractivity contribution < 1.29 is 71.8 Å². The molecule has 2 aromatic carbocycles. The SMILES string of the molecule is CC(C)(C)C(=O)c1cn2cc(NC(=O)c3ccc(NC(=O)NCCOCCOCCO)cc3)ccc2n1.CN(C)CCOc1ccc2nc(C(=O)C(C)(C)C)cn2c1.COCCOCCOCCOC(=O)Nc1ccc(C(=O)Nc2ccc3nc(C(=O)C(C)(C)C)cn3c2)cc1. The fraction of sp³-hybridized carbons (Fsp3) is 0.420. The second kappa shape index (κ2) is 36.4. The first-order valence-electron chi connectivity index (χ1n) is 31.2. The van der Waals surface area contributed by atoms with E-state index >= 15 is 0 Å². The number of likely N-dealkylation sites (N-methyl/N-ethyl adjacent to an activating group) is 1. The number of nitrogens with zero attached hydrogens (tertiary/aromatic N) is 7. The minimum Gasteiger partial charge on any atom is -0.491 e. The number of rotatable bonds is 30. The van der Waals surface area contributed by atoms with Crippen molar-refractivity contribution in [3.63, 3.8) is 0 Å². The highest BCUT2D eigenvalue weighted by Crippen LogP contribution is 2.25. The average Bonchev–Trinajstić information content (AvgIpc) is 1.68. The predicted octanol–water partition coefficient (Wildman–Crippen LogP) is 9.51. The standard InChI is InChI=1S/C27H34N4O7.C26H33N5O6.C16H23N3O2/c1-27(2,3)24(32)22-18-31-17-21(9-10-23(31)30-22)28-25(33)19-5-7-20(8-6-19)29-26(34)38-16-15-37-14-13-36-12-11-35-4;1-26(2,3)23(33)21-17-31-16-20(8-9-22(31)30-21)28-24(34)18-4-6-19(7-5-18)29-25(35)27-10-12-36-14-15-37-13-11-32;1-16(2,3)15(20)13-11-19-10-12(6-7-14(19)17-13)21-9-8-18(4)5/h5-10,17-18H,11-16H2,1-4H3,(H,28,33)(H,29,34);4-9,16-17,32H,10-15H2,1-3H3,(H,28,34)(H2,27,29,35);6-7,10-11H,8-9H2,1-5H3. The molecule has 27 nitrogen and oxygen atoms in total. The molecule has 0 saturated carbocycles. The number of pyridine rings is 3. The van der Waals surface area contributed by atoms with Crippen LogP contribution in [-0.4, -0.2) is 193 Å². The van der Waals surface area contributed by atoms with E-state index in [1.165, 1.54) is 0 Å². The van der Waals surface area contributed by atoms with Gasteiger partial charge in [0.2, 0.25) is 0 Å². The van der Waals surface area contributed by atoms with Gasteiger partial charge in [0.25, 0.3) is 11.8 Å².